The first-order valence-corrected chi connectivity index (χ1v) is 22.1. The molecule has 9 rings (SSSR count). The molecular formula is C45H55F2N9O6. The maximum Gasteiger partial charge on any atom is 0.249 e. The number of benzene rings is 1. The first-order chi connectivity index (χ1) is 29.7. The molecule has 7 aliphatic rings. The van der Waals surface area contributed by atoms with Crippen molar-refractivity contribution in [1.29, 1.82) is 0 Å². The van der Waals surface area contributed by atoms with E-state index in [-0.39, 0.29) is 65.6 Å². The number of fused-ring (bicyclic) bond motifs is 1. The van der Waals surface area contributed by atoms with E-state index >= 15 is 8.78 Å². The highest BCUT2D eigenvalue weighted by atomic mass is 19.1. The van der Waals surface area contributed by atoms with Gasteiger partial charge in [0.2, 0.25) is 29.5 Å². The van der Waals surface area contributed by atoms with Gasteiger partial charge in [0.25, 0.3) is 0 Å². The molecule has 62 heavy (non-hydrogen) atoms. The fraction of sp³-hybridized carbons (Fsp3) is 0.578. The number of anilines is 3. The number of amides is 5. The van der Waals surface area contributed by atoms with E-state index in [0.717, 1.165) is 51.4 Å². The molecule has 3 saturated heterocycles. The van der Waals surface area contributed by atoms with Crippen LogP contribution in [0.15, 0.2) is 42.3 Å². The lowest BCUT2D eigenvalue weighted by atomic mass is 9.67. The maximum atomic E-state index is 15.2. The molecule has 17 heteroatoms. The minimum absolute atomic E-state index is 0.0137. The number of rotatable bonds is 9. The van der Waals surface area contributed by atoms with Crippen LogP contribution in [0.2, 0.25) is 0 Å². The smallest absolute Gasteiger partial charge is 0.249 e. The second-order valence-electron chi connectivity index (χ2n) is 18.5. The van der Waals surface area contributed by atoms with Crippen LogP contribution in [-0.2, 0) is 28.7 Å². The number of carbonyl (C=O) groups excluding carboxylic acids is 5. The van der Waals surface area contributed by atoms with Gasteiger partial charge in [0.1, 0.15) is 46.4 Å². The van der Waals surface area contributed by atoms with Crippen molar-refractivity contribution < 1.29 is 37.5 Å². The summed E-state index contributed by atoms with van der Waals surface area (Å²) in [7, 11) is 3.30. The summed E-state index contributed by atoms with van der Waals surface area (Å²) in [4.78, 5) is 82.4. The molecule has 3 aliphatic carbocycles. The Kier molecular flexibility index (Phi) is 10.8. The Morgan fingerprint density at radius 2 is 1.73 bits per heavy atom. The number of hydrogen-bond donors (Lipinski definition) is 3. The van der Waals surface area contributed by atoms with Gasteiger partial charge >= 0.3 is 0 Å². The molecule has 0 radical (unpaired) electrons. The van der Waals surface area contributed by atoms with Gasteiger partial charge in [-0.2, -0.15) is 0 Å². The number of nitrogens with zero attached hydrogens (tertiary/aromatic N) is 6. The lowest BCUT2D eigenvalue weighted by Crippen LogP contribution is -2.65. The Morgan fingerprint density at radius 3 is 2.37 bits per heavy atom. The highest BCUT2D eigenvalue weighted by Crippen LogP contribution is 2.47. The largest absolute Gasteiger partial charge is 0.500 e. The van der Waals surface area contributed by atoms with Crippen molar-refractivity contribution in [3.63, 3.8) is 0 Å². The summed E-state index contributed by atoms with van der Waals surface area (Å²) in [5.74, 6) is -3.90. The van der Waals surface area contributed by atoms with E-state index in [0.29, 0.717) is 61.4 Å². The van der Waals surface area contributed by atoms with E-state index in [9.17, 15) is 24.0 Å². The molecule has 4 aliphatic heterocycles. The number of ether oxygens (including phenoxy) is 1. The number of methoxy groups -OCH3 is 1. The molecule has 5 fully saturated rings. The SMILES string of the molecule is CCC1C(=O)N(C)c2cnc(C3C(OC)=CC=CC3(N)C(=O)NC3CCC4(CC3)CN(C(=O)C3CN(c5cc(F)c(C6CCC(=O)NC6=O)c(F)c5)C3)C4)nc2N1C1CCCC1. The summed E-state index contributed by atoms with van der Waals surface area (Å²) in [5.41, 5.74) is 6.10. The van der Waals surface area contributed by atoms with Crippen molar-refractivity contribution in [3.05, 3.63) is 65.3 Å². The second kappa shape index (κ2) is 16.0. The average Bonchev–Trinajstić information content (AvgIpc) is 3.76. The Hall–Kier alpha value is -5.45. The van der Waals surface area contributed by atoms with E-state index in [4.69, 9.17) is 20.4 Å². The van der Waals surface area contributed by atoms with Crippen LogP contribution in [0.1, 0.15) is 101 Å². The Balaban J connectivity index is 0.811. The number of halogens is 2. The summed E-state index contributed by atoms with van der Waals surface area (Å²) in [6.07, 6.45) is 14.8. The number of likely N-dealkylation sites (tertiary alicyclic amines) is 1. The third-order valence-electron chi connectivity index (χ3n) is 14.7. The third-order valence-corrected chi connectivity index (χ3v) is 14.7. The van der Waals surface area contributed by atoms with Crippen LogP contribution in [0.25, 0.3) is 0 Å². The van der Waals surface area contributed by atoms with Crippen molar-refractivity contribution in [2.45, 2.75) is 113 Å². The number of hydrogen-bond acceptors (Lipinski definition) is 11. The van der Waals surface area contributed by atoms with Crippen LogP contribution in [0.5, 0.6) is 0 Å². The van der Waals surface area contributed by atoms with Gasteiger partial charge in [-0.05, 0) is 69.6 Å². The number of imide groups is 1. The molecule has 4 atom stereocenters. The zero-order valence-corrected chi connectivity index (χ0v) is 35.5. The first-order valence-electron chi connectivity index (χ1n) is 22.1. The minimum Gasteiger partial charge on any atom is -0.500 e. The standard InChI is InChI=1S/C45H55F2N9O6/c1-4-32-42(60)53(2)33-20-49-38(52-39(33)56(32)27-8-5-6-9-27)37-34(62-3)10-7-15-45(37,48)43(61)50-26-13-16-44(17-14-26)23-55(24-44)41(59)25-21-54(22-25)28-18-30(46)36(31(47)19-28)29-11-12-35(57)51-40(29)58/h7,10,15,18-20,25-27,29,32,37H,4-6,8-9,11-14,16-17,21-24,48H2,1-3H3,(H,50,61)(H,51,57,58). The van der Waals surface area contributed by atoms with Crippen LogP contribution in [0, 0.1) is 23.0 Å². The van der Waals surface area contributed by atoms with Crippen molar-refractivity contribution in [1.82, 2.24) is 25.5 Å². The fourth-order valence-electron chi connectivity index (χ4n) is 11.1. The Bertz CT molecular complexity index is 2220. The quantitative estimate of drug-likeness (QED) is 0.313. The van der Waals surface area contributed by atoms with Gasteiger partial charge in [0.15, 0.2) is 5.82 Å². The molecule has 4 N–H and O–H groups in total. The molecule has 5 amide bonds. The lowest BCUT2D eigenvalue weighted by Gasteiger charge is -2.55. The summed E-state index contributed by atoms with van der Waals surface area (Å²) in [6, 6.07) is 2.09. The minimum atomic E-state index is -1.56. The van der Waals surface area contributed by atoms with Crippen molar-refractivity contribution in [2.24, 2.45) is 17.1 Å². The number of nitrogens with one attached hydrogen (secondary N) is 2. The molecule has 15 nitrogen and oxygen atoms in total. The molecule has 4 unspecified atom stereocenters. The highest BCUT2D eigenvalue weighted by Gasteiger charge is 2.52. The molecule has 5 heterocycles. The summed E-state index contributed by atoms with van der Waals surface area (Å²) < 4.78 is 36.1. The van der Waals surface area contributed by atoms with Gasteiger partial charge in [-0.3, -0.25) is 29.3 Å². The molecule has 1 spiro atoms. The number of likely N-dealkylation sites (N-methyl/N-ethyl adjacent to an activating group) is 1. The Morgan fingerprint density at radius 1 is 1.03 bits per heavy atom. The second-order valence-corrected chi connectivity index (χ2v) is 18.5. The highest BCUT2D eigenvalue weighted by molar-refractivity contribution is 6.04. The van der Waals surface area contributed by atoms with Crippen LogP contribution in [0.3, 0.4) is 0 Å². The molecule has 2 aromatic rings. The topological polar surface area (TPSA) is 183 Å². The first kappa shape index (κ1) is 41.9. The van der Waals surface area contributed by atoms with E-state index in [1.54, 1.807) is 48.4 Å². The van der Waals surface area contributed by atoms with E-state index in [2.05, 4.69) is 15.5 Å². The van der Waals surface area contributed by atoms with Crippen LogP contribution < -0.4 is 31.1 Å². The average molecular weight is 856 g/mol. The number of carbonyl (C=O) groups is 5. The third kappa shape index (κ3) is 7.09. The normalized spacial score (nSPS) is 27.7. The monoisotopic (exact) mass is 855 g/mol. The van der Waals surface area contributed by atoms with E-state index in [1.807, 2.05) is 11.8 Å². The van der Waals surface area contributed by atoms with Crippen molar-refractivity contribution in [3.8, 4) is 0 Å². The van der Waals surface area contributed by atoms with Gasteiger partial charge in [0.05, 0.1) is 25.1 Å². The predicted molar refractivity (Wildman–Crippen MR) is 225 cm³/mol. The van der Waals surface area contributed by atoms with E-state index < -0.39 is 40.8 Å². The Labute approximate surface area is 359 Å². The van der Waals surface area contributed by atoms with Gasteiger partial charge in [-0.15, -0.1) is 0 Å². The van der Waals surface area contributed by atoms with Crippen molar-refractivity contribution >= 4 is 46.7 Å². The fourth-order valence-corrected chi connectivity index (χ4v) is 11.1. The number of allylic oxidation sites excluding steroid dienone is 2. The van der Waals surface area contributed by atoms with Crippen LogP contribution in [0.4, 0.5) is 26.0 Å². The van der Waals surface area contributed by atoms with Crippen LogP contribution in [-0.4, -0.2) is 108 Å². The van der Waals surface area contributed by atoms with Crippen LogP contribution >= 0.6 is 0 Å². The van der Waals surface area contributed by atoms with Gasteiger partial charge < -0.3 is 35.4 Å². The maximum absolute atomic E-state index is 15.2. The summed E-state index contributed by atoms with van der Waals surface area (Å²) in [5, 5.41) is 5.39. The van der Waals surface area contributed by atoms with Gasteiger partial charge in [0, 0.05) is 68.4 Å². The number of nitrogens with two attached hydrogens (primary N) is 1. The van der Waals surface area contributed by atoms with Gasteiger partial charge in [-0.25, -0.2) is 18.7 Å². The molecule has 1 aromatic heterocycles. The molecule has 0 bridgehead atoms. The summed E-state index contributed by atoms with van der Waals surface area (Å²) in [6.45, 7) is 3.91. The molecule has 1 aromatic carbocycles. The lowest BCUT2D eigenvalue weighted by molar-refractivity contribution is -0.151. The van der Waals surface area contributed by atoms with Crippen molar-refractivity contribution in [2.75, 3.05) is 55.0 Å². The predicted octanol–water partition coefficient (Wildman–Crippen LogP) is 3.68. The van der Waals surface area contributed by atoms with Gasteiger partial charge in [-0.1, -0.05) is 31.9 Å². The molecule has 2 saturated carbocycles. The number of piperidine rings is 1. The zero-order valence-electron chi connectivity index (χ0n) is 35.5. The molecule has 330 valence electrons. The zero-order chi connectivity index (χ0) is 43.7. The molecular weight excluding hydrogens is 801 g/mol. The number of aromatic nitrogens is 2. The summed E-state index contributed by atoms with van der Waals surface area (Å²) >= 11 is 0. The van der Waals surface area contributed by atoms with E-state index in [1.165, 1.54) is 12.1 Å².